The van der Waals surface area contributed by atoms with E-state index < -0.39 is 17.6 Å². The molecule has 2 aromatic rings. The predicted octanol–water partition coefficient (Wildman–Crippen LogP) is 2.67. The van der Waals surface area contributed by atoms with Crippen LogP contribution in [0.4, 0.5) is 4.39 Å². The van der Waals surface area contributed by atoms with Crippen LogP contribution in [0.1, 0.15) is 28.5 Å². The van der Waals surface area contributed by atoms with Gasteiger partial charge in [-0.25, -0.2) is 9.18 Å². The summed E-state index contributed by atoms with van der Waals surface area (Å²) < 4.78 is 18.5. The Labute approximate surface area is 109 Å². The van der Waals surface area contributed by atoms with Gasteiger partial charge in [-0.1, -0.05) is 0 Å². The summed E-state index contributed by atoms with van der Waals surface area (Å²) in [7, 11) is 0. The number of carbonyl (C=O) groups excluding carboxylic acids is 2. The molecule has 0 fully saturated rings. The molecule has 0 amide bonds. The summed E-state index contributed by atoms with van der Waals surface area (Å²) in [6.07, 6.45) is 0. The van der Waals surface area contributed by atoms with Crippen molar-refractivity contribution in [3.05, 3.63) is 34.8 Å². The van der Waals surface area contributed by atoms with Gasteiger partial charge in [0.15, 0.2) is 0 Å². The van der Waals surface area contributed by atoms with Gasteiger partial charge < -0.3 is 9.72 Å². The molecule has 0 aliphatic heterocycles. The molecule has 1 heterocycles. The zero-order valence-corrected chi connectivity index (χ0v) is 11.0. The van der Waals surface area contributed by atoms with Gasteiger partial charge in [0.05, 0.1) is 12.1 Å². The SMILES string of the molecule is CCOC(=O)C(=O)c1cc(F)c2[nH]c(C)c(C)c2c1. The van der Waals surface area contributed by atoms with Crippen LogP contribution in [0.25, 0.3) is 10.9 Å². The molecule has 100 valence electrons. The highest BCUT2D eigenvalue weighted by Gasteiger charge is 2.20. The third kappa shape index (κ3) is 2.23. The smallest absolute Gasteiger partial charge is 0.379 e. The van der Waals surface area contributed by atoms with Crippen LogP contribution in [-0.2, 0) is 9.53 Å². The largest absolute Gasteiger partial charge is 0.460 e. The minimum absolute atomic E-state index is 0.00514. The topological polar surface area (TPSA) is 59.2 Å². The number of aryl methyl sites for hydroxylation is 2. The van der Waals surface area contributed by atoms with Crippen molar-refractivity contribution in [3.63, 3.8) is 0 Å². The summed E-state index contributed by atoms with van der Waals surface area (Å²) in [6, 6.07) is 2.56. The first kappa shape index (κ1) is 13.3. The number of benzene rings is 1. The predicted molar refractivity (Wildman–Crippen MR) is 68.7 cm³/mol. The first-order chi connectivity index (χ1) is 8.95. The number of ketones is 1. The third-order valence-corrected chi connectivity index (χ3v) is 3.09. The zero-order chi connectivity index (χ0) is 14.2. The van der Waals surface area contributed by atoms with Crippen LogP contribution < -0.4 is 0 Å². The van der Waals surface area contributed by atoms with E-state index in [0.29, 0.717) is 10.9 Å². The molecule has 0 aliphatic carbocycles. The molecule has 5 heteroatoms. The highest BCUT2D eigenvalue weighted by atomic mass is 19.1. The van der Waals surface area contributed by atoms with E-state index in [1.54, 1.807) is 6.92 Å². The van der Waals surface area contributed by atoms with Gasteiger partial charge >= 0.3 is 5.97 Å². The lowest BCUT2D eigenvalue weighted by molar-refractivity contribution is -0.137. The number of esters is 1. The first-order valence-electron chi connectivity index (χ1n) is 5.95. The standard InChI is InChI=1S/C14H14FNO3/c1-4-19-14(18)13(17)9-5-10-7(2)8(3)16-12(10)11(15)6-9/h5-6,16H,4H2,1-3H3. The maximum Gasteiger partial charge on any atom is 0.379 e. The summed E-state index contributed by atoms with van der Waals surface area (Å²) >= 11 is 0. The number of aromatic amines is 1. The van der Waals surface area contributed by atoms with Crippen LogP contribution in [0.3, 0.4) is 0 Å². The molecule has 1 N–H and O–H groups in total. The maximum absolute atomic E-state index is 13.9. The summed E-state index contributed by atoms with van der Waals surface area (Å²) in [5.41, 5.74) is 2.03. The zero-order valence-electron chi connectivity index (χ0n) is 11.0. The van der Waals surface area contributed by atoms with E-state index in [4.69, 9.17) is 0 Å². The molecule has 0 unspecified atom stereocenters. The van der Waals surface area contributed by atoms with Gasteiger partial charge in [0.25, 0.3) is 5.78 Å². The number of nitrogens with one attached hydrogen (secondary N) is 1. The van der Waals surface area contributed by atoms with Crippen LogP contribution >= 0.6 is 0 Å². The second-order valence-electron chi connectivity index (χ2n) is 4.31. The number of fused-ring (bicyclic) bond motifs is 1. The van der Waals surface area contributed by atoms with Crippen molar-refractivity contribution in [2.24, 2.45) is 0 Å². The highest BCUT2D eigenvalue weighted by Crippen LogP contribution is 2.25. The van der Waals surface area contributed by atoms with Crippen LogP contribution in [-0.4, -0.2) is 23.3 Å². The van der Waals surface area contributed by atoms with E-state index in [-0.39, 0.29) is 12.2 Å². The lowest BCUT2D eigenvalue weighted by Gasteiger charge is -2.02. The molecule has 0 spiro atoms. The van der Waals surface area contributed by atoms with Gasteiger partial charge in [0.2, 0.25) is 0 Å². The van der Waals surface area contributed by atoms with Crippen molar-refractivity contribution in [2.75, 3.05) is 6.61 Å². The molecule has 0 aliphatic rings. The van der Waals surface area contributed by atoms with Crippen LogP contribution in [0.2, 0.25) is 0 Å². The fourth-order valence-corrected chi connectivity index (χ4v) is 1.96. The lowest BCUT2D eigenvalue weighted by Crippen LogP contribution is -2.17. The molecule has 2 rings (SSSR count). The minimum atomic E-state index is -0.967. The Balaban J connectivity index is 2.54. The normalized spacial score (nSPS) is 10.7. The molecule has 4 nitrogen and oxygen atoms in total. The van der Waals surface area contributed by atoms with Crippen molar-refractivity contribution >= 4 is 22.7 Å². The Bertz CT molecular complexity index is 673. The van der Waals surface area contributed by atoms with Crippen molar-refractivity contribution in [3.8, 4) is 0 Å². The number of rotatable bonds is 3. The Hall–Kier alpha value is -2.17. The van der Waals surface area contributed by atoms with E-state index in [1.165, 1.54) is 6.07 Å². The van der Waals surface area contributed by atoms with E-state index in [1.807, 2.05) is 13.8 Å². The van der Waals surface area contributed by atoms with E-state index in [2.05, 4.69) is 9.72 Å². The second-order valence-corrected chi connectivity index (χ2v) is 4.31. The van der Waals surface area contributed by atoms with Crippen LogP contribution in [0.5, 0.6) is 0 Å². The molecule has 1 aromatic heterocycles. The number of hydrogen-bond donors (Lipinski definition) is 1. The number of aromatic nitrogens is 1. The molecule has 0 saturated heterocycles. The van der Waals surface area contributed by atoms with Gasteiger partial charge in [-0.3, -0.25) is 4.79 Å². The average molecular weight is 263 g/mol. The fraction of sp³-hybridized carbons (Fsp3) is 0.286. The molecule has 0 atom stereocenters. The quantitative estimate of drug-likeness (QED) is 0.526. The van der Waals surface area contributed by atoms with Crippen molar-refractivity contribution in [1.29, 1.82) is 0 Å². The van der Waals surface area contributed by atoms with Gasteiger partial charge in [-0.05, 0) is 38.5 Å². The number of halogens is 1. The Kier molecular flexibility index (Phi) is 3.38. The van der Waals surface area contributed by atoms with Gasteiger partial charge in [0, 0.05) is 16.6 Å². The lowest BCUT2D eigenvalue weighted by atomic mass is 10.1. The number of carbonyl (C=O) groups is 2. The average Bonchev–Trinajstić information content (AvgIpc) is 2.66. The number of hydrogen-bond acceptors (Lipinski definition) is 3. The number of Topliss-reactive ketones (excluding diaryl/α,β-unsaturated/α-hetero) is 1. The summed E-state index contributed by atoms with van der Waals surface area (Å²) in [5.74, 6) is -2.35. The monoisotopic (exact) mass is 263 g/mol. The molecule has 0 radical (unpaired) electrons. The number of H-pyrrole nitrogens is 1. The van der Waals surface area contributed by atoms with Gasteiger partial charge in [-0.15, -0.1) is 0 Å². The molecule has 0 saturated carbocycles. The second kappa shape index (κ2) is 4.84. The molecular weight excluding hydrogens is 249 g/mol. The molecule has 1 aromatic carbocycles. The minimum Gasteiger partial charge on any atom is -0.460 e. The van der Waals surface area contributed by atoms with Crippen LogP contribution in [0, 0.1) is 19.7 Å². The summed E-state index contributed by atoms with van der Waals surface area (Å²) in [6.45, 7) is 5.36. The maximum atomic E-state index is 13.9. The summed E-state index contributed by atoms with van der Waals surface area (Å²) in [5, 5.41) is 0.602. The Morgan fingerprint density at radius 2 is 2.00 bits per heavy atom. The van der Waals surface area contributed by atoms with E-state index in [0.717, 1.165) is 17.3 Å². The molecular formula is C14H14FNO3. The third-order valence-electron chi connectivity index (χ3n) is 3.09. The summed E-state index contributed by atoms with van der Waals surface area (Å²) in [4.78, 5) is 26.1. The number of ether oxygens (including phenoxy) is 1. The Morgan fingerprint density at radius 3 is 2.63 bits per heavy atom. The first-order valence-corrected chi connectivity index (χ1v) is 5.95. The van der Waals surface area contributed by atoms with Gasteiger partial charge in [-0.2, -0.15) is 0 Å². The fourth-order valence-electron chi connectivity index (χ4n) is 1.96. The Morgan fingerprint density at radius 1 is 1.32 bits per heavy atom. The highest BCUT2D eigenvalue weighted by molar-refractivity contribution is 6.40. The molecule has 0 bridgehead atoms. The van der Waals surface area contributed by atoms with E-state index in [9.17, 15) is 14.0 Å². The molecule has 19 heavy (non-hydrogen) atoms. The van der Waals surface area contributed by atoms with Crippen molar-refractivity contribution in [1.82, 2.24) is 4.98 Å². The van der Waals surface area contributed by atoms with E-state index >= 15 is 0 Å². The van der Waals surface area contributed by atoms with Crippen molar-refractivity contribution in [2.45, 2.75) is 20.8 Å². The van der Waals surface area contributed by atoms with Crippen LogP contribution in [0.15, 0.2) is 12.1 Å². The van der Waals surface area contributed by atoms with Crippen molar-refractivity contribution < 1.29 is 18.7 Å². The van der Waals surface area contributed by atoms with Gasteiger partial charge in [0.1, 0.15) is 5.82 Å².